The van der Waals surface area contributed by atoms with Crippen LogP contribution in [0, 0.1) is 5.92 Å². The normalized spacial score (nSPS) is 10.3. The monoisotopic (exact) mass is 385 g/mol. The number of anilines is 1. The number of rotatable bonds is 7. The number of esters is 2. The molecule has 7 nitrogen and oxygen atoms in total. The number of hydrogen-bond acceptors (Lipinski definition) is 6. The Bertz CT molecular complexity index is 841. The lowest BCUT2D eigenvalue weighted by Crippen LogP contribution is -2.14. The first kappa shape index (κ1) is 21.0. The van der Waals surface area contributed by atoms with E-state index in [4.69, 9.17) is 14.2 Å². The van der Waals surface area contributed by atoms with Gasteiger partial charge < -0.3 is 19.5 Å². The van der Waals surface area contributed by atoms with Crippen LogP contribution >= 0.6 is 0 Å². The fourth-order valence-electron chi connectivity index (χ4n) is 2.36. The topological polar surface area (TPSA) is 90.9 Å². The van der Waals surface area contributed by atoms with Crippen molar-refractivity contribution in [1.29, 1.82) is 0 Å². The maximum atomic E-state index is 12.6. The number of nitrogens with one attached hydrogen (secondary N) is 1. The van der Waals surface area contributed by atoms with Gasteiger partial charge in [0.05, 0.1) is 32.0 Å². The van der Waals surface area contributed by atoms with Crippen molar-refractivity contribution in [3.8, 4) is 5.75 Å². The maximum Gasteiger partial charge on any atom is 0.337 e. The van der Waals surface area contributed by atoms with Gasteiger partial charge in [-0.3, -0.25) is 4.79 Å². The minimum absolute atomic E-state index is 0.120. The molecule has 0 saturated carbocycles. The summed E-state index contributed by atoms with van der Waals surface area (Å²) in [6.45, 7) is 4.60. The standard InChI is InChI=1S/C21H23NO6/c1-13(2)12-28-18-7-5-6-14(11-18)19(23)22-17-9-15(20(24)26-3)8-16(10-17)21(25)27-4/h5-11,13H,12H2,1-4H3,(H,22,23). The predicted molar refractivity (Wildman–Crippen MR) is 104 cm³/mol. The van der Waals surface area contributed by atoms with E-state index in [1.54, 1.807) is 24.3 Å². The maximum absolute atomic E-state index is 12.6. The van der Waals surface area contributed by atoms with Gasteiger partial charge in [0.1, 0.15) is 5.75 Å². The van der Waals surface area contributed by atoms with Gasteiger partial charge in [-0.05, 0) is 42.3 Å². The molecule has 0 saturated heterocycles. The molecule has 0 aromatic heterocycles. The summed E-state index contributed by atoms with van der Waals surface area (Å²) in [7, 11) is 2.46. The summed E-state index contributed by atoms with van der Waals surface area (Å²) in [4.78, 5) is 36.3. The molecular formula is C21H23NO6. The molecule has 1 amide bonds. The average Bonchev–Trinajstić information content (AvgIpc) is 2.70. The van der Waals surface area contributed by atoms with Crippen molar-refractivity contribution in [2.45, 2.75) is 13.8 Å². The molecule has 28 heavy (non-hydrogen) atoms. The van der Waals surface area contributed by atoms with Crippen molar-refractivity contribution in [3.63, 3.8) is 0 Å². The van der Waals surface area contributed by atoms with Gasteiger partial charge in [0.15, 0.2) is 0 Å². The van der Waals surface area contributed by atoms with Crippen molar-refractivity contribution in [3.05, 3.63) is 59.2 Å². The highest BCUT2D eigenvalue weighted by Gasteiger charge is 2.16. The van der Waals surface area contributed by atoms with E-state index in [2.05, 4.69) is 5.32 Å². The molecule has 0 aliphatic carbocycles. The summed E-state index contributed by atoms with van der Waals surface area (Å²) in [5.74, 6) is -0.737. The van der Waals surface area contributed by atoms with Crippen molar-refractivity contribution in [2.24, 2.45) is 5.92 Å². The molecule has 1 N–H and O–H groups in total. The Morgan fingerprint density at radius 2 is 1.50 bits per heavy atom. The number of carbonyl (C=O) groups excluding carboxylic acids is 3. The SMILES string of the molecule is COC(=O)c1cc(NC(=O)c2cccc(OCC(C)C)c2)cc(C(=O)OC)c1. The van der Waals surface area contributed by atoms with Crippen molar-refractivity contribution in [1.82, 2.24) is 0 Å². The molecule has 2 aromatic rings. The zero-order valence-corrected chi connectivity index (χ0v) is 16.3. The van der Waals surface area contributed by atoms with Crippen LogP contribution in [-0.4, -0.2) is 38.7 Å². The molecule has 7 heteroatoms. The number of ether oxygens (including phenoxy) is 3. The van der Waals surface area contributed by atoms with Gasteiger partial charge >= 0.3 is 11.9 Å². The lowest BCUT2D eigenvalue weighted by molar-refractivity contribution is 0.0599. The van der Waals surface area contributed by atoms with Crippen molar-refractivity contribution in [2.75, 3.05) is 26.1 Å². The summed E-state index contributed by atoms with van der Waals surface area (Å²) in [5.41, 5.74) is 0.885. The molecule has 0 radical (unpaired) electrons. The van der Waals surface area contributed by atoms with Gasteiger partial charge in [0.2, 0.25) is 0 Å². The number of benzene rings is 2. The minimum atomic E-state index is -0.634. The van der Waals surface area contributed by atoms with Crippen LogP contribution in [0.2, 0.25) is 0 Å². The van der Waals surface area contributed by atoms with Gasteiger partial charge in [0.25, 0.3) is 5.91 Å². The highest BCUT2D eigenvalue weighted by molar-refractivity contribution is 6.06. The summed E-state index contributed by atoms with van der Waals surface area (Å²) < 4.78 is 15.0. The van der Waals surface area contributed by atoms with Crippen LogP contribution in [0.4, 0.5) is 5.69 Å². The molecule has 2 rings (SSSR count). The Morgan fingerprint density at radius 3 is 2.04 bits per heavy atom. The zero-order valence-electron chi connectivity index (χ0n) is 16.3. The van der Waals surface area contributed by atoms with Gasteiger partial charge in [-0.2, -0.15) is 0 Å². The minimum Gasteiger partial charge on any atom is -0.493 e. The van der Waals surface area contributed by atoms with Crippen LogP contribution < -0.4 is 10.1 Å². The second-order valence-electron chi connectivity index (χ2n) is 6.47. The molecular weight excluding hydrogens is 362 g/mol. The quantitative estimate of drug-likeness (QED) is 0.733. The number of hydrogen-bond donors (Lipinski definition) is 1. The summed E-state index contributed by atoms with van der Waals surface area (Å²) in [6, 6.07) is 11.0. The third kappa shape index (κ3) is 5.57. The molecule has 2 aromatic carbocycles. The lowest BCUT2D eigenvalue weighted by atomic mass is 10.1. The average molecular weight is 385 g/mol. The molecule has 0 aliphatic heterocycles. The van der Waals surface area contributed by atoms with E-state index in [1.165, 1.54) is 32.4 Å². The van der Waals surface area contributed by atoms with Gasteiger partial charge in [0, 0.05) is 11.3 Å². The zero-order chi connectivity index (χ0) is 20.7. The smallest absolute Gasteiger partial charge is 0.337 e. The molecule has 0 heterocycles. The Labute approximate surface area is 163 Å². The van der Waals surface area contributed by atoms with E-state index in [0.29, 0.717) is 23.8 Å². The highest BCUT2D eigenvalue weighted by Crippen LogP contribution is 2.20. The lowest BCUT2D eigenvalue weighted by Gasteiger charge is -2.11. The third-order valence-corrected chi connectivity index (χ3v) is 3.71. The van der Waals surface area contributed by atoms with E-state index >= 15 is 0 Å². The number of carbonyl (C=O) groups is 3. The number of amides is 1. The first-order valence-corrected chi connectivity index (χ1v) is 8.70. The Hall–Kier alpha value is -3.35. The van der Waals surface area contributed by atoms with Crippen LogP contribution in [0.1, 0.15) is 44.9 Å². The van der Waals surface area contributed by atoms with Crippen LogP contribution in [0.5, 0.6) is 5.75 Å². The largest absolute Gasteiger partial charge is 0.493 e. The molecule has 148 valence electrons. The molecule has 0 spiro atoms. The second-order valence-corrected chi connectivity index (χ2v) is 6.47. The van der Waals surface area contributed by atoms with Crippen LogP contribution in [0.3, 0.4) is 0 Å². The predicted octanol–water partition coefficient (Wildman–Crippen LogP) is 3.55. The second kappa shape index (κ2) is 9.55. The highest BCUT2D eigenvalue weighted by atomic mass is 16.5. The number of methoxy groups -OCH3 is 2. The van der Waals surface area contributed by atoms with Gasteiger partial charge in [-0.25, -0.2) is 9.59 Å². The summed E-state index contributed by atoms with van der Waals surface area (Å²) in [5, 5.41) is 2.68. The summed E-state index contributed by atoms with van der Waals surface area (Å²) >= 11 is 0. The van der Waals surface area contributed by atoms with Crippen LogP contribution in [-0.2, 0) is 9.47 Å². The fourth-order valence-corrected chi connectivity index (χ4v) is 2.36. The van der Waals surface area contributed by atoms with E-state index in [9.17, 15) is 14.4 Å². The van der Waals surface area contributed by atoms with E-state index < -0.39 is 17.8 Å². The first-order valence-electron chi connectivity index (χ1n) is 8.70. The Balaban J connectivity index is 2.26. The van der Waals surface area contributed by atoms with E-state index in [-0.39, 0.29) is 16.8 Å². The molecule has 0 bridgehead atoms. The van der Waals surface area contributed by atoms with Crippen molar-refractivity contribution >= 4 is 23.5 Å². The Kier molecular flexibility index (Phi) is 7.14. The molecule has 0 aliphatic rings. The van der Waals surface area contributed by atoms with Gasteiger partial charge in [-0.15, -0.1) is 0 Å². The van der Waals surface area contributed by atoms with Crippen molar-refractivity contribution < 1.29 is 28.6 Å². The van der Waals surface area contributed by atoms with E-state index in [1.807, 2.05) is 13.8 Å². The van der Waals surface area contributed by atoms with Crippen LogP contribution in [0.25, 0.3) is 0 Å². The third-order valence-electron chi connectivity index (χ3n) is 3.71. The molecule has 0 unspecified atom stereocenters. The summed E-state index contributed by atoms with van der Waals surface area (Å²) in [6.07, 6.45) is 0. The van der Waals surface area contributed by atoms with Gasteiger partial charge in [-0.1, -0.05) is 19.9 Å². The first-order chi connectivity index (χ1) is 13.3. The van der Waals surface area contributed by atoms with E-state index in [0.717, 1.165) is 0 Å². The molecule has 0 fully saturated rings. The Morgan fingerprint density at radius 1 is 0.893 bits per heavy atom. The molecule has 0 atom stereocenters. The fraction of sp³-hybridized carbons (Fsp3) is 0.286. The van der Waals surface area contributed by atoms with Crippen LogP contribution in [0.15, 0.2) is 42.5 Å².